The van der Waals surface area contributed by atoms with Crippen LogP contribution in [0.15, 0.2) is 24.3 Å². The molecular formula is C16H20N2O4. The van der Waals surface area contributed by atoms with Gasteiger partial charge in [-0.25, -0.2) is 4.79 Å². The number of carboxylic acids is 1. The van der Waals surface area contributed by atoms with E-state index in [1.807, 2.05) is 25.1 Å². The van der Waals surface area contributed by atoms with Crippen molar-refractivity contribution >= 4 is 11.9 Å². The summed E-state index contributed by atoms with van der Waals surface area (Å²) in [6.45, 7) is 1.64. The van der Waals surface area contributed by atoms with E-state index in [2.05, 4.69) is 0 Å². The van der Waals surface area contributed by atoms with Crippen molar-refractivity contribution in [2.75, 3.05) is 13.7 Å². The summed E-state index contributed by atoms with van der Waals surface area (Å²) >= 11 is 0. The Kier molecular flexibility index (Phi) is 6.90. The Bertz CT molecular complexity index is 548. The molecule has 1 amide bonds. The van der Waals surface area contributed by atoms with E-state index in [0.29, 0.717) is 5.75 Å². The highest BCUT2D eigenvalue weighted by Gasteiger charge is 2.20. The van der Waals surface area contributed by atoms with Crippen LogP contribution >= 0.6 is 0 Å². The van der Waals surface area contributed by atoms with Gasteiger partial charge in [-0.3, -0.25) is 4.79 Å². The second-order valence-corrected chi connectivity index (χ2v) is 4.90. The summed E-state index contributed by atoms with van der Waals surface area (Å²) in [6, 6.07) is 8.75. The molecule has 0 heterocycles. The number of benzene rings is 1. The molecule has 0 aliphatic rings. The molecule has 0 aliphatic carbocycles. The van der Waals surface area contributed by atoms with E-state index < -0.39 is 12.6 Å². The molecule has 118 valence electrons. The Labute approximate surface area is 129 Å². The van der Waals surface area contributed by atoms with Crippen molar-refractivity contribution in [3.05, 3.63) is 29.8 Å². The molecule has 1 unspecified atom stereocenters. The van der Waals surface area contributed by atoms with Crippen LogP contribution in [0, 0.1) is 11.3 Å². The monoisotopic (exact) mass is 304 g/mol. The van der Waals surface area contributed by atoms with Gasteiger partial charge in [-0.2, -0.15) is 5.26 Å². The Hall–Kier alpha value is -2.55. The summed E-state index contributed by atoms with van der Waals surface area (Å²) in [6.07, 6.45) is 1.53. The third-order valence-electron chi connectivity index (χ3n) is 3.28. The molecule has 1 N–H and O–H groups in total. The zero-order valence-electron chi connectivity index (χ0n) is 12.8. The zero-order chi connectivity index (χ0) is 16.5. The lowest BCUT2D eigenvalue weighted by Gasteiger charge is -2.28. The number of amides is 1. The van der Waals surface area contributed by atoms with E-state index in [1.165, 1.54) is 0 Å². The summed E-state index contributed by atoms with van der Waals surface area (Å²) in [5.74, 6) is -0.783. The van der Waals surface area contributed by atoms with E-state index in [4.69, 9.17) is 15.1 Å². The van der Waals surface area contributed by atoms with E-state index in [9.17, 15) is 9.59 Å². The quantitative estimate of drug-likeness (QED) is 0.796. The molecular weight excluding hydrogens is 284 g/mol. The van der Waals surface area contributed by atoms with Crippen LogP contribution in [0.5, 0.6) is 5.75 Å². The van der Waals surface area contributed by atoms with Gasteiger partial charge >= 0.3 is 5.97 Å². The fourth-order valence-electron chi connectivity index (χ4n) is 2.15. The largest absolute Gasteiger partial charge is 0.482 e. The van der Waals surface area contributed by atoms with Crippen molar-refractivity contribution in [2.24, 2.45) is 0 Å². The first-order valence-electron chi connectivity index (χ1n) is 7.06. The highest BCUT2D eigenvalue weighted by molar-refractivity contribution is 5.78. The SMILES string of the molecule is CCCC(c1ccc(OCC(=O)O)cc1)N(C)C(=O)CC#N. The number of rotatable bonds is 8. The van der Waals surface area contributed by atoms with Crippen LogP contribution in [0.3, 0.4) is 0 Å². The number of ether oxygens (including phenoxy) is 1. The summed E-state index contributed by atoms with van der Waals surface area (Å²) in [7, 11) is 1.69. The third kappa shape index (κ3) is 5.09. The van der Waals surface area contributed by atoms with Crippen LogP contribution in [0.1, 0.15) is 37.8 Å². The van der Waals surface area contributed by atoms with Crippen molar-refractivity contribution in [1.29, 1.82) is 5.26 Å². The first-order valence-corrected chi connectivity index (χ1v) is 7.06. The molecule has 0 fully saturated rings. The van der Waals surface area contributed by atoms with Gasteiger partial charge in [-0.1, -0.05) is 25.5 Å². The van der Waals surface area contributed by atoms with Gasteiger partial charge in [-0.05, 0) is 24.1 Å². The number of nitriles is 1. The van der Waals surface area contributed by atoms with Crippen LogP contribution in [0.4, 0.5) is 0 Å². The minimum Gasteiger partial charge on any atom is -0.482 e. The van der Waals surface area contributed by atoms with Gasteiger partial charge < -0.3 is 14.7 Å². The van der Waals surface area contributed by atoms with Crippen LogP contribution < -0.4 is 4.74 Å². The van der Waals surface area contributed by atoms with Gasteiger partial charge in [-0.15, -0.1) is 0 Å². The normalized spacial score (nSPS) is 11.3. The standard InChI is InChI=1S/C16H20N2O4/c1-3-4-14(18(2)15(19)9-10-17)12-5-7-13(8-6-12)22-11-16(20)21/h5-8,14H,3-4,9,11H2,1-2H3,(H,20,21). The molecule has 0 aliphatic heterocycles. The Morgan fingerprint density at radius 2 is 2.00 bits per heavy atom. The fraction of sp³-hybridized carbons (Fsp3) is 0.438. The predicted octanol–water partition coefficient (Wildman–Crippen LogP) is 2.36. The van der Waals surface area contributed by atoms with Crippen molar-refractivity contribution in [3.8, 4) is 11.8 Å². The van der Waals surface area contributed by atoms with Gasteiger partial charge in [0.15, 0.2) is 6.61 Å². The van der Waals surface area contributed by atoms with Crippen molar-refractivity contribution in [2.45, 2.75) is 32.2 Å². The highest BCUT2D eigenvalue weighted by Crippen LogP contribution is 2.26. The number of carbonyl (C=O) groups excluding carboxylic acids is 1. The molecule has 0 saturated carbocycles. The number of hydrogen-bond acceptors (Lipinski definition) is 4. The Balaban J connectivity index is 2.85. The smallest absolute Gasteiger partial charge is 0.341 e. The Morgan fingerprint density at radius 1 is 1.36 bits per heavy atom. The molecule has 0 radical (unpaired) electrons. The first-order chi connectivity index (χ1) is 10.5. The number of carbonyl (C=O) groups is 2. The van der Waals surface area contributed by atoms with Gasteiger partial charge in [0.25, 0.3) is 0 Å². The van der Waals surface area contributed by atoms with E-state index in [-0.39, 0.29) is 18.4 Å². The Morgan fingerprint density at radius 3 is 2.50 bits per heavy atom. The second kappa shape index (κ2) is 8.67. The highest BCUT2D eigenvalue weighted by atomic mass is 16.5. The summed E-state index contributed by atoms with van der Waals surface area (Å²) in [5.41, 5.74) is 0.929. The second-order valence-electron chi connectivity index (χ2n) is 4.90. The van der Waals surface area contributed by atoms with Crippen LogP contribution in [0.2, 0.25) is 0 Å². The van der Waals surface area contributed by atoms with Crippen molar-refractivity contribution in [1.82, 2.24) is 4.90 Å². The van der Waals surface area contributed by atoms with Gasteiger partial charge in [0, 0.05) is 7.05 Å². The maximum Gasteiger partial charge on any atom is 0.341 e. The van der Waals surface area contributed by atoms with Crippen LogP contribution in [0.25, 0.3) is 0 Å². The summed E-state index contributed by atoms with van der Waals surface area (Å²) < 4.78 is 5.09. The molecule has 6 nitrogen and oxygen atoms in total. The van der Waals surface area contributed by atoms with Gasteiger partial charge in [0.1, 0.15) is 12.2 Å². The number of nitrogens with zero attached hydrogens (tertiary/aromatic N) is 2. The van der Waals surface area contributed by atoms with Crippen molar-refractivity contribution < 1.29 is 19.4 Å². The molecule has 0 spiro atoms. The van der Waals surface area contributed by atoms with Crippen LogP contribution in [-0.2, 0) is 9.59 Å². The molecule has 0 saturated heterocycles. The lowest BCUT2D eigenvalue weighted by atomic mass is 10.0. The fourth-order valence-corrected chi connectivity index (χ4v) is 2.15. The molecule has 1 aromatic rings. The average molecular weight is 304 g/mol. The van der Waals surface area contributed by atoms with Gasteiger partial charge in [0.2, 0.25) is 5.91 Å². The molecule has 0 aromatic heterocycles. The molecule has 1 rings (SSSR count). The molecule has 22 heavy (non-hydrogen) atoms. The van der Waals surface area contributed by atoms with E-state index in [1.54, 1.807) is 24.1 Å². The predicted molar refractivity (Wildman–Crippen MR) is 80.2 cm³/mol. The topological polar surface area (TPSA) is 90.6 Å². The van der Waals surface area contributed by atoms with Crippen LogP contribution in [-0.4, -0.2) is 35.5 Å². The maximum absolute atomic E-state index is 11.9. The van der Waals surface area contributed by atoms with Gasteiger partial charge in [0.05, 0.1) is 12.1 Å². The maximum atomic E-state index is 11.9. The van der Waals surface area contributed by atoms with Crippen molar-refractivity contribution in [3.63, 3.8) is 0 Å². The summed E-state index contributed by atoms with van der Waals surface area (Å²) in [4.78, 5) is 23.9. The molecule has 1 atom stereocenters. The number of carboxylic acid groups (broad SMARTS) is 1. The lowest BCUT2D eigenvalue weighted by Crippen LogP contribution is -2.30. The van der Waals surface area contributed by atoms with E-state index >= 15 is 0 Å². The minimum atomic E-state index is -1.03. The summed E-state index contributed by atoms with van der Waals surface area (Å²) in [5, 5.41) is 17.2. The third-order valence-corrected chi connectivity index (χ3v) is 3.28. The average Bonchev–Trinajstić information content (AvgIpc) is 2.51. The van der Waals surface area contributed by atoms with E-state index in [0.717, 1.165) is 18.4 Å². The minimum absolute atomic E-state index is 0.112. The number of hydrogen-bond donors (Lipinski definition) is 1. The molecule has 6 heteroatoms. The molecule has 1 aromatic carbocycles. The molecule has 0 bridgehead atoms. The lowest BCUT2D eigenvalue weighted by molar-refractivity contribution is -0.139. The first kappa shape index (κ1) is 17.5. The number of aliphatic carboxylic acids is 1. The zero-order valence-corrected chi connectivity index (χ0v) is 12.8.